The molecule has 0 aliphatic carbocycles. The van der Waals surface area contributed by atoms with E-state index in [1.165, 1.54) is 17.3 Å². The van der Waals surface area contributed by atoms with Crippen LogP contribution in [0.2, 0.25) is 0 Å². The van der Waals surface area contributed by atoms with Gasteiger partial charge in [0.1, 0.15) is 11.6 Å². The Labute approximate surface area is 117 Å². The molecule has 0 fully saturated rings. The molecule has 0 saturated carbocycles. The lowest BCUT2D eigenvalue weighted by atomic mass is 9.94. The summed E-state index contributed by atoms with van der Waals surface area (Å²) in [4.78, 5) is 0. The van der Waals surface area contributed by atoms with Gasteiger partial charge in [-0.3, -0.25) is 0 Å². The van der Waals surface area contributed by atoms with Crippen molar-refractivity contribution in [3.8, 4) is 0 Å². The van der Waals surface area contributed by atoms with Gasteiger partial charge in [0.05, 0.1) is 0 Å². The molecule has 1 N–H and O–H groups in total. The first-order valence-corrected chi connectivity index (χ1v) is 7.01. The molecule has 1 aliphatic heterocycles. The van der Waals surface area contributed by atoms with E-state index in [4.69, 9.17) is 0 Å². The highest BCUT2D eigenvalue weighted by Gasteiger charge is 2.17. The largest absolute Gasteiger partial charge is 0.382 e. The number of halogens is 2. The van der Waals surface area contributed by atoms with Gasteiger partial charge < -0.3 is 5.32 Å². The standard InChI is InChI=1S/C17H17F2N/c18-14-8-5-12(16(19)11-14)6-9-15-10-7-13-3-1-2-4-17(13)20-15/h1-5,8,11,15,20H,6-7,9-10H2. The van der Waals surface area contributed by atoms with Crippen LogP contribution in [0.1, 0.15) is 24.0 Å². The van der Waals surface area contributed by atoms with Crippen molar-refractivity contribution in [3.05, 3.63) is 65.2 Å². The van der Waals surface area contributed by atoms with Gasteiger partial charge in [0.2, 0.25) is 0 Å². The average Bonchev–Trinajstić information content (AvgIpc) is 2.46. The average molecular weight is 273 g/mol. The first-order valence-electron chi connectivity index (χ1n) is 7.01. The second-order valence-corrected chi connectivity index (χ2v) is 5.31. The number of anilines is 1. The minimum atomic E-state index is -0.518. The number of fused-ring (bicyclic) bond motifs is 1. The van der Waals surface area contributed by atoms with Crippen LogP contribution in [-0.4, -0.2) is 6.04 Å². The predicted molar refractivity (Wildman–Crippen MR) is 76.9 cm³/mol. The zero-order chi connectivity index (χ0) is 13.9. The van der Waals surface area contributed by atoms with E-state index in [1.54, 1.807) is 6.07 Å². The molecule has 0 spiro atoms. The predicted octanol–water partition coefficient (Wildman–Crippen LogP) is 4.32. The molecule has 0 saturated heterocycles. The third-order valence-electron chi connectivity index (χ3n) is 3.92. The zero-order valence-corrected chi connectivity index (χ0v) is 11.2. The molecule has 1 unspecified atom stereocenters. The van der Waals surface area contributed by atoms with Gasteiger partial charge >= 0.3 is 0 Å². The monoisotopic (exact) mass is 273 g/mol. The van der Waals surface area contributed by atoms with Gasteiger partial charge in [-0.2, -0.15) is 0 Å². The van der Waals surface area contributed by atoms with Gasteiger partial charge in [0.25, 0.3) is 0 Å². The highest BCUT2D eigenvalue weighted by molar-refractivity contribution is 5.53. The zero-order valence-electron chi connectivity index (χ0n) is 11.2. The molecule has 0 radical (unpaired) electrons. The molecular formula is C17H17F2N. The number of para-hydroxylation sites is 1. The Morgan fingerprint density at radius 3 is 2.80 bits per heavy atom. The maximum absolute atomic E-state index is 13.6. The van der Waals surface area contributed by atoms with Crippen molar-refractivity contribution in [2.24, 2.45) is 0 Å². The fourth-order valence-electron chi connectivity index (χ4n) is 2.77. The molecule has 0 amide bonds. The van der Waals surface area contributed by atoms with Crippen molar-refractivity contribution in [1.29, 1.82) is 0 Å². The van der Waals surface area contributed by atoms with E-state index >= 15 is 0 Å². The SMILES string of the molecule is Fc1ccc(CCC2CCc3ccccc3N2)c(F)c1. The first-order chi connectivity index (χ1) is 9.72. The molecule has 1 nitrogen and oxygen atoms in total. The van der Waals surface area contributed by atoms with Crippen molar-refractivity contribution in [2.45, 2.75) is 31.7 Å². The van der Waals surface area contributed by atoms with E-state index in [9.17, 15) is 8.78 Å². The quantitative estimate of drug-likeness (QED) is 0.878. The van der Waals surface area contributed by atoms with Crippen LogP contribution < -0.4 is 5.32 Å². The van der Waals surface area contributed by atoms with Gasteiger partial charge in [-0.1, -0.05) is 24.3 Å². The molecule has 3 rings (SSSR count). The van der Waals surface area contributed by atoms with Crippen LogP contribution in [0.3, 0.4) is 0 Å². The third-order valence-corrected chi connectivity index (χ3v) is 3.92. The molecular weight excluding hydrogens is 256 g/mol. The van der Waals surface area contributed by atoms with Crippen LogP contribution in [0.5, 0.6) is 0 Å². The topological polar surface area (TPSA) is 12.0 Å². The highest BCUT2D eigenvalue weighted by Crippen LogP contribution is 2.26. The molecule has 0 bridgehead atoms. The van der Waals surface area contributed by atoms with Crippen LogP contribution in [-0.2, 0) is 12.8 Å². The van der Waals surface area contributed by atoms with E-state index in [0.29, 0.717) is 18.0 Å². The number of benzene rings is 2. The maximum Gasteiger partial charge on any atom is 0.129 e. The van der Waals surface area contributed by atoms with E-state index in [0.717, 1.165) is 25.3 Å². The van der Waals surface area contributed by atoms with Gasteiger partial charge in [-0.25, -0.2) is 8.78 Å². The normalized spacial score (nSPS) is 17.4. The Morgan fingerprint density at radius 2 is 1.95 bits per heavy atom. The molecule has 104 valence electrons. The molecule has 3 heteroatoms. The van der Waals surface area contributed by atoms with Crippen LogP contribution in [0.15, 0.2) is 42.5 Å². The highest BCUT2D eigenvalue weighted by atomic mass is 19.1. The summed E-state index contributed by atoms with van der Waals surface area (Å²) in [5, 5.41) is 3.50. The first kappa shape index (κ1) is 13.1. The van der Waals surface area contributed by atoms with Crippen molar-refractivity contribution >= 4 is 5.69 Å². The summed E-state index contributed by atoms with van der Waals surface area (Å²) in [6.07, 6.45) is 3.60. The number of nitrogens with one attached hydrogen (secondary N) is 1. The van der Waals surface area contributed by atoms with Crippen molar-refractivity contribution < 1.29 is 8.78 Å². The maximum atomic E-state index is 13.6. The van der Waals surface area contributed by atoms with E-state index in [1.807, 2.05) is 6.07 Å². The fourth-order valence-corrected chi connectivity index (χ4v) is 2.77. The summed E-state index contributed by atoms with van der Waals surface area (Å²) >= 11 is 0. The summed E-state index contributed by atoms with van der Waals surface area (Å²) in [6, 6.07) is 12.5. The Bertz CT molecular complexity index is 610. The van der Waals surface area contributed by atoms with Crippen molar-refractivity contribution in [2.75, 3.05) is 5.32 Å². The third kappa shape index (κ3) is 2.82. The molecule has 1 aliphatic rings. The molecule has 20 heavy (non-hydrogen) atoms. The smallest absolute Gasteiger partial charge is 0.129 e. The fraction of sp³-hybridized carbons (Fsp3) is 0.294. The lowest BCUT2D eigenvalue weighted by Crippen LogP contribution is -2.26. The number of aryl methyl sites for hydroxylation is 2. The second-order valence-electron chi connectivity index (χ2n) is 5.31. The summed E-state index contributed by atoms with van der Waals surface area (Å²) in [5.41, 5.74) is 3.12. The summed E-state index contributed by atoms with van der Waals surface area (Å²) in [6.45, 7) is 0. The van der Waals surface area contributed by atoms with E-state index in [2.05, 4.69) is 23.5 Å². The van der Waals surface area contributed by atoms with Gasteiger partial charge in [0, 0.05) is 17.8 Å². The molecule has 1 heterocycles. The summed E-state index contributed by atoms with van der Waals surface area (Å²) in [5.74, 6) is -0.961. The molecule has 1 atom stereocenters. The minimum absolute atomic E-state index is 0.356. The van der Waals surface area contributed by atoms with Crippen LogP contribution in [0.4, 0.5) is 14.5 Å². The minimum Gasteiger partial charge on any atom is -0.382 e. The van der Waals surface area contributed by atoms with Crippen molar-refractivity contribution in [3.63, 3.8) is 0 Å². The summed E-state index contributed by atoms with van der Waals surface area (Å²) in [7, 11) is 0. The molecule has 2 aromatic rings. The Morgan fingerprint density at radius 1 is 1.10 bits per heavy atom. The van der Waals surface area contributed by atoms with Crippen LogP contribution in [0.25, 0.3) is 0 Å². The van der Waals surface area contributed by atoms with Gasteiger partial charge in [0.15, 0.2) is 0 Å². The number of hydrogen-bond donors (Lipinski definition) is 1. The van der Waals surface area contributed by atoms with Crippen LogP contribution >= 0.6 is 0 Å². The van der Waals surface area contributed by atoms with Gasteiger partial charge in [-0.05, 0) is 48.9 Å². The Kier molecular flexibility index (Phi) is 3.68. The van der Waals surface area contributed by atoms with Crippen LogP contribution in [0, 0.1) is 11.6 Å². The van der Waals surface area contributed by atoms with E-state index < -0.39 is 11.6 Å². The molecule has 0 aromatic heterocycles. The lowest BCUT2D eigenvalue weighted by molar-refractivity contribution is 0.549. The van der Waals surface area contributed by atoms with E-state index in [-0.39, 0.29) is 0 Å². The van der Waals surface area contributed by atoms with Gasteiger partial charge in [-0.15, -0.1) is 0 Å². The second kappa shape index (κ2) is 5.61. The number of rotatable bonds is 3. The Balaban J connectivity index is 1.63. The number of hydrogen-bond acceptors (Lipinski definition) is 1. The molecule has 2 aromatic carbocycles. The van der Waals surface area contributed by atoms with Crippen molar-refractivity contribution in [1.82, 2.24) is 0 Å². The lowest BCUT2D eigenvalue weighted by Gasteiger charge is -2.27. The Hall–Kier alpha value is -1.90. The summed E-state index contributed by atoms with van der Waals surface area (Å²) < 4.78 is 26.4.